The van der Waals surface area contributed by atoms with E-state index in [1.807, 2.05) is 34.6 Å². The highest BCUT2D eigenvalue weighted by atomic mass is 19.1. The zero-order valence-corrected chi connectivity index (χ0v) is 12.7. The van der Waals surface area contributed by atoms with Gasteiger partial charge < -0.3 is 14.6 Å². The van der Waals surface area contributed by atoms with E-state index in [-0.39, 0.29) is 5.73 Å². The highest BCUT2D eigenvalue weighted by Crippen LogP contribution is 2.40. The molecular weight excluding hydrogens is 244 g/mol. The average molecular weight is 269 g/mol. The van der Waals surface area contributed by atoms with E-state index in [0.29, 0.717) is 5.92 Å². The summed E-state index contributed by atoms with van der Waals surface area (Å²) in [5.41, 5.74) is -0.405. The van der Waals surface area contributed by atoms with Crippen LogP contribution in [0.4, 0.5) is 4.39 Å². The van der Waals surface area contributed by atoms with Crippen LogP contribution >= 0.6 is 0 Å². The van der Waals surface area contributed by atoms with Gasteiger partial charge in [0.1, 0.15) is 5.73 Å². The summed E-state index contributed by atoms with van der Waals surface area (Å²) in [6.45, 7) is 11.6. The van der Waals surface area contributed by atoms with Crippen LogP contribution < -0.4 is 5.32 Å². The topological polar surface area (TPSA) is 30.5 Å². The molecule has 19 heavy (non-hydrogen) atoms. The summed E-state index contributed by atoms with van der Waals surface area (Å²) in [7, 11) is -0.847. The molecule has 2 aliphatic heterocycles. The van der Waals surface area contributed by atoms with Crippen molar-refractivity contribution in [3.05, 3.63) is 11.3 Å². The van der Waals surface area contributed by atoms with Gasteiger partial charge in [-0.2, -0.15) is 0 Å². The molecule has 0 atom stereocenters. The Labute approximate surface area is 116 Å². The lowest BCUT2D eigenvalue weighted by Gasteiger charge is -2.32. The van der Waals surface area contributed by atoms with Gasteiger partial charge in [0, 0.05) is 0 Å². The molecule has 3 nitrogen and oxygen atoms in total. The Morgan fingerprint density at radius 3 is 2.05 bits per heavy atom. The predicted octanol–water partition coefficient (Wildman–Crippen LogP) is 2.86. The molecule has 0 unspecified atom stereocenters. The lowest BCUT2D eigenvalue weighted by Crippen LogP contribution is -2.41. The average Bonchev–Trinajstić information content (AvgIpc) is 2.58. The van der Waals surface area contributed by atoms with Crippen molar-refractivity contribution in [2.45, 2.75) is 58.7 Å². The van der Waals surface area contributed by atoms with Gasteiger partial charge in [-0.1, -0.05) is 0 Å². The van der Waals surface area contributed by atoms with E-state index in [9.17, 15) is 4.39 Å². The fourth-order valence-electron chi connectivity index (χ4n) is 2.58. The number of halogens is 1. The van der Waals surface area contributed by atoms with Crippen LogP contribution in [0, 0.1) is 5.92 Å². The molecule has 0 bridgehead atoms. The van der Waals surface area contributed by atoms with Crippen molar-refractivity contribution in [3.63, 3.8) is 0 Å². The highest BCUT2D eigenvalue weighted by molar-refractivity contribution is 6.53. The maximum Gasteiger partial charge on any atom is 0.525 e. The number of hydrogen-bond donors (Lipinski definition) is 1. The molecule has 0 amide bonds. The Morgan fingerprint density at radius 2 is 1.58 bits per heavy atom. The zero-order valence-electron chi connectivity index (χ0n) is 12.7. The van der Waals surface area contributed by atoms with Crippen molar-refractivity contribution in [3.8, 4) is 0 Å². The maximum atomic E-state index is 14.6. The second-order valence-electron chi connectivity index (χ2n) is 6.64. The summed E-state index contributed by atoms with van der Waals surface area (Å²) in [6, 6.07) is 0. The summed E-state index contributed by atoms with van der Waals surface area (Å²) in [5, 5.41) is 3.30. The molecular formula is C14H25BFNO2. The highest BCUT2D eigenvalue weighted by Gasteiger charge is 2.53. The lowest BCUT2D eigenvalue weighted by molar-refractivity contribution is 0.00578. The molecule has 108 valence electrons. The molecule has 2 fully saturated rings. The van der Waals surface area contributed by atoms with Crippen molar-refractivity contribution < 1.29 is 13.7 Å². The van der Waals surface area contributed by atoms with E-state index in [1.54, 1.807) is 0 Å². The first-order valence-electron chi connectivity index (χ1n) is 7.17. The van der Waals surface area contributed by atoms with Gasteiger partial charge in [-0.15, -0.1) is 0 Å². The molecule has 2 rings (SSSR count). The van der Waals surface area contributed by atoms with Gasteiger partial charge >= 0.3 is 7.12 Å². The number of piperidine rings is 1. The van der Waals surface area contributed by atoms with E-state index in [4.69, 9.17) is 9.31 Å². The summed E-state index contributed by atoms with van der Waals surface area (Å²) in [4.78, 5) is 0. The van der Waals surface area contributed by atoms with Gasteiger partial charge in [-0.3, -0.25) is 0 Å². The van der Waals surface area contributed by atoms with Crippen molar-refractivity contribution in [1.82, 2.24) is 5.32 Å². The Balaban J connectivity index is 2.13. The van der Waals surface area contributed by atoms with E-state index in [1.165, 1.54) is 0 Å². The van der Waals surface area contributed by atoms with Gasteiger partial charge in [0.25, 0.3) is 0 Å². The van der Waals surface area contributed by atoms with Crippen LogP contribution in [-0.4, -0.2) is 31.4 Å². The Bertz CT molecular complexity index is 360. The smallest absolute Gasteiger partial charge is 0.398 e. The van der Waals surface area contributed by atoms with E-state index >= 15 is 0 Å². The van der Waals surface area contributed by atoms with E-state index in [0.717, 1.165) is 31.5 Å². The van der Waals surface area contributed by atoms with Gasteiger partial charge in [-0.05, 0) is 72.0 Å². The molecule has 1 N–H and O–H groups in total. The van der Waals surface area contributed by atoms with Crippen LogP contribution in [0.25, 0.3) is 0 Å². The monoisotopic (exact) mass is 269 g/mol. The van der Waals surface area contributed by atoms with Crippen molar-refractivity contribution >= 4 is 7.12 Å². The second kappa shape index (κ2) is 5.19. The fraction of sp³-hybridized carbons (Fsp3) is 0.857. The second-order valence-corrected chi connectivity index (χ2v) is 6.64. The minimum atomic E-state index is -0.847. The quantitative estimate of drug-likeness (QED) is 0.782. The number of allylic oxidation sites excluding steroid dienone is 1. The first-order valence-corrected chi connectivity index (χ1v) is 7.17. The van der Waals surface area contributed by atoms with Crippen LogP contribution in [0.1, 0.15) is 47.5 Å². The SMILES string of the molecule is CC(=C(F)B1OC(C)(C)C(C)(C)O1)C1CCNCC1. The van der Waals surface area contributed by atoms with Gasteiger partial charge in [0.2, 0.25) is 0 Å². The lowest BCUT2D eigenvalue weighted by atomic mass is 9.79. The molecule has 2 saturated heterocycles. The standard InChI is InChI=1S/C14H25BFNO2/c1-10(11-6-8-17-9-7-11)12(16)15-18-13(2,3)14(4,5)19-15/h11,17H,6-9H2,1-5H3. The van der Waals surface area contributed by atoms with Crippen LogP contribution in [0.15, 0.2) is 11.3 Å². The van der Waals surface area contributed by atoms with E-state index in [2.05, 4.69) is 5.32 Å². The largest absolute Gasteiger partial charge is 0.525 e. The number of nitrogens with one attached hydrogen (secondary N) is 1. The van der Waals surface area contributed by atoms with Gasteiger partial charge in [0.15, 0.2) is 0 Å². The molecule has 5 heteroatoms. The van der Waals surface area contributed by atoms with E-state index < -0.39 is 18.3 Å². The third-order valence-electron chi connectivity index (χ3n) is 4.79. The Morgan fingerprint density at radius 1 is 1.11 bits per heavy atom. The molecule has 0 aromatic carbocycles. The minimum Gasteiger partial charge on any atom is -0.398 e. The first kappa shape index (κ1) is 15.0. The third-order valence-corrected chi connectivity index (χ3v) is 4.79. The molecule has 0 aromatic heterocycles. The van der Waals surface area contributed by atoms with Crippen LogP contribution in [-0.2, 0) is 9.31 Å². The van der Waals surface area contributed by atoms with Crippen LogP contribution in [0.3, 0.4) is 0 Å². The predicted molar refractivity (Wildman–Crippen MR) is 75.5 cm³/mol. The Hall–Kier alpha value is -0.385. The first-order chi connectivity index (χ1) is 8.74. The molecule has 0 aliphatic carbocycles. The molecule has 0 aromatic rings. The van der Waals surface area contributed by atoms with Crippen molar-refractivity contribution in [1.29, 1.82) is 0 Å². The van der Waals surface area contributed by atoms with Gasteiger partial charge in [0.05, 0.1) is 11.2 Å². The summed E-state index contributed by atoms with van der Waals surface area (Å²) < 4.78 is 26.1. The van der Waals surface area contributed by atoms with Crippen molar-refractivity contribution in [2.24, 2.45) is 5.92 Å². The summed E-state index contributed by atoms with van der Waals surface area (Å²) >= 11 is 0. The minimum absolute atomic E-state index is 0.231. The zero-order chi connectivity index (χ0) is 14.3. The number of hydrogen-bond acceptors (Lipinski definition) is 3. The number of rotatable bonds is 2. The summed E-state index contributed by atoms with van der Waals surface area (Å²) in [5.74, 6) is 0.306. The molecule has 0 spiro atoms. The molecule has 2 heterocycles. The molecule has 0 radical (unpaired) electrons. The van der Waals surface area contributed by atoms with Crippen LogP contribution in [0.5, 0.6) is 0 Å². The fourth-order valence-corrected chi connectivity index (χ4v) is 2.58. The normalized spacial score (nSPS) is 28.4. The van der Waals surface area contributed by atoms with Crippen LogP contribution in [0.2, 0.25) is 0 Å². The Kier molecular flexibility index (Phi) is 4.10. The third kappa shape index (κ3) is 2.88. The van der Waals surface area contributed by atoms with Gasteiger partial charge in [-0.25, -0.2) is 4.39 Å². The maximum absolute atomic E-state index is 14.6. The molecule has 0 saturated carbocycles. The summed E-state index contributed by atoms with van der Waals surface area (Å²) in [6.07, 6.45) is 1.97. The molecule has 2 aliphatic rings. The van der Waals surface area contributed by atoms with Crippen molar-refractivity contribution in [2.75, 3.05) is 13.1 Å².